The van der Waals surface area contributed by atoms with Crippen molar-refractivity contribution in [3.05, 3.63) is 18.6 Å². The summed E-state index contributed by atoms with van der Waals surface area (Å²) in [5.74, 6) is 1.38. The van der Waals surface area contributed by atoms with E-state index in [-0.39, 0.29) is 5.60 Å². The van der Waals surface area contributed by atoms with Crippen LogP contribution in [0.2, 0.25) is 0 Å². The number of rotatable bonds is 1. The third-order valence-electron chi connectivity index (χ3n) is 5.46. The van der Waals surface area contributed by atoms with Crippen molar-refractivity contribution in [2.75, 3.05) is 31.5 Å². The van der Waals surface area contributed by atoms with Gasteiger partial charge in [0.25, 0.3) is 6.02 Å². The predicted molar refractivity (Wildman–Crippen MR) is 87.4 cm³/mol. The molecule has 7 nitrogen and oxygen atoms in total. The van der Waals surface area contributed by atoms with Crippen LogP contribution in [0.5, 0.6) is 0 Å². The molecule has 2 bridgehead atoms. The Bertz CT molecular complexity index is 791. The SMILES string of the molecule is Cn1cnc2cnc(NC3=NC[C@@]4(CN5CCC4CC5)O3)cc21. The van der Waals surface area contributed by atoms with E-state index < -0.39 is 0 Å². The first kappa shape index (κ1) is 13.3. The minimum atomic E-state index is -0.116. The van der Waals surface area contributed by atoms with Gasteiger partial charge in [-0.3, -0.25) is 10.2 Å². The van der Waals surface area contributed by atoms with E-state index in [2.05, 4.69) is 25.2 Å². The third kappa shape index (κ3) is 2.03. The maximum absolute atomic E-state index is 6.29. The summed E-state index contributed by atoms with van der Waals surface area (Å²) in [5.41, 5.74) is 1.81. The van der Waals surface area contributed by atoms with Gasteiger partial charge in [-0.1, -0.05) is 0 Å². The van der Waals surface area contributed by atoms with Crippen molar-refractivity contribution in [2.45, 2.75) is 18.4 Å². The summed E-state index contributed by atoms with van der Waals surface area (Å²) >= 11 is 0. The maximum atomic E-state index is 6.29. The Morgan fingerprint density at radius 2 is 2.17 bits per heavy atom. The highest BCUT2D eigenvalue weighted by Crippen LogP contribution is 2.40. The van der Waals surface area contributed by atoms with Gasteiger partial charge in [0.1, 0.15) is 16.9 Å². The fourth-order valence-corrected chi connectivity index (χ4v) is 4.16. The minimum Gasteiger partial charge on any atom is -0.455 e. The molecular weight excluding hydrogens is 292 g/mol. The molecule has 4 aliphatic heterocycles. The van der Waals surface area contributed by atoms with E-state index >= 15 is 0 Å². The number of fused-ring (bicyclic) bond motifs is 3. The highest BCUT2D eigenvalue weighted by atomic mass is 16.5. The number of amidine groups is 1. The molecule has 3 fully saturated rings. The molecule has 0 amide bonds. The highest BCUT2D eigenvalue weighted by molar-refractivity contribution is 5.91. The molecule has 6 heterocycles. The van der Waals surface area contributed by atoms with Gasteiger partial charge in [0.15, 0.2) is 0 Å². The van der Waals surface area contributed by atoms with Gasteiger partial charge in [0.2, 0.25) is 0 Å². The Labute approximate surface area is 134 Å². The Hall–Kier alpha value is -2.15. The van der Waals surface area contributed by atoms with Gasteiger partial charge in [0.05, 0.1) is 24.6 Å². The lowest BCUT2D eigenvalue weighted by Gasteiger charge is -2.50. The molecule has 120 valence electrons. The second kappa shape index (κ2) is 4.67. The number of ether oxygens (including phenoxy) is 1. The zero-order valence-electron chi connectivity index (χ0n) is 13.2. The summed E-state index contributed by atoms with van der Waals surface area (Å²) in [6.45, 7) is 4.17. The quantitative estimate of drug-likeness (QED) is 0.858. The lowest BCUT2D eigenvalue weighted by atomic mass is 9.75. The smallest absolute Gasteiger partial charge is 0.291 e. The molecule has 0 unspecified atom stereocenters. The Morgan fingerprint density at radius 1 is 1.30 bits per heavy atom. The van der Waals surface area contributed by atoms with Gasteiger partial charge < -0.3 is 9.30 Å². The number of nitrogens with one attached hydrogen (secondary N) is 1. The Morgan fingerprint density at radius 3 is 2.96 bits per heavy atom. The number of aromatic nitrogens is 3. The summed E-state index contributed by atoms with van der Waals surface area (Å²) in [7, 11) is 1.98. The Kier molecular flexibility index (Phi) is 2.70. The van der Waals surface area contributed by atoms with Crippen LogP contribution < -0.4 is 5.32 Å². The molecule has 0 aromatic carbocycles. The lowest BCUT2D eigenvalue weighted by molar-refractivity contribution is -0.0829. The maximum Gasteiger partial charge on any atom is 0.291 e. The standard InChI is InChI=1S/C16H20N6O/c1-21-10-19-12-7-17-14(6-13(12)21)20-15-18-8-16(23-15)9-22-4-2-11(16)3-5-22/h6-7,10-11H,2-5,8-9H2,1H3,(H,17,18,20)/t16-/m0/s1. The molecule has 0 saturated carbocycles. The number of aliphatic imine (C=N–C) groups is 1. The average Bonchev–Trinajstić information content (AvgIpc) is 3.13. The molecule has 1 atom stereocenters. The summed E-state index contributed by atoms with van der Waals surface area (Å²) in [4.78, 5) is 15.8. The van der Waals surface area contributed by atoms with Crippen LogP contribution in [0.4, 0.5) is 5.82 Å². The van der Waals surface area contributed by atoms with E-state index in [1.165, 1.54) is 25.9 Å². The summed E-state index contributed by atoms with van der Waals surface area (Å²) in [6, 6.07) is 2.59. The third-order valence-corrected chi connectivity index (χ3v) is 5.46. The first-order chi connectivity index (χ1) is 11.2. The van der Waals surface area contributed by atoms with Gasteiger partial charge in [-0.2, -0.15) is 0 Å². The fourth-order valence-electron chi connectivity index (χ4n) is 4.16. The fraction of sp³-hybridized carbons (Fsp3) is 0.562. The number of anilines is 1. The molecule has 0 radical (unpaired) electrons. The van der Waals surface area contributed by atoms with Crippen LogP contribution in [0, 0.1) is 5.92 Å². The number of piperidine rings is 3. The van der Waals surface area contributed by atoms with Crippen LogP contribution in [0.15, 0.2) is 23.6 Å². The van der Waals surface area contributed by atoms with Crippen LogP contribution in [0.1, 0.15) is 12.8 Å². The highest BCUT2D eigenvalue weighted by Gasteiger charge is 2.51. The van der Waals surface area contributed by atoms with E-state index in [0.717, 1.165) is 29.9 Å². The van der Waals surface area contributed by atoms with Gasteiger partial charge >= 0.3 is 0 Å². The molecule has 4 aliphatic rings. The minimum absolute atomic E-state index is 0.116. The number of hydrogen-bond acceptors (Lipinski definition) is 6. The predicted octanol–water partition coefficient (Wildman–Crippen LogP) is 1.23. The van der Waals surface area contributed by atoms with Crippen molar-refractivity contribution in [1.29, 1.82) is 0 Å². The van der Waals surface area contributed by atoms with E-state index in [1.54, 1.807) is 12.5 Å². The molecule has 1 spiro atoms. The summed E-state index contributed by atoms with van der Waals surface area (Å²) in [5, 5.41) is 3.24. The average molecular weight is 312 g/mol. The topological polar surface area (TPSA) is 67.6 Å². The molecule has 7 heteroatoms. The van der Waals surface area contributed by atoms with Crippen molar-refractivity contribution in [3.8, 4) is 0 Å². The summed E-state index contributed by atoms with van der Waals surface area (Å²) in [6.07, 6.45) is 6.02. The van der Waals surface area contributed by atoms with E-state index in [4.69, 9.17) is 4.74 Å². The van der Waals surface area contributed by atoms with Crippen LogP contribution in [0.3, 0.4) is 0 Å². The number of pyridine rings is 1. The van der Waals surface area contributed by atoms with Gasteiger partial charge in [-0.15, -0.1) is 0 Å². The molecule has 6 rings (SSSR count). The number of imidazole rings is 1. The van der Waals surface area contributed by atoms with Gasteiger partial charge in [-0.25, -0.2) is 15.0 Å². The largest absolute Gasteiger partial charge is 0.455 e. The second-order valence-corrected chi connectivity index (χ2v) is 6.88. The van der Waals surface area contributed by atoms with Crippen molar-refractivity contribution in [3.63, 3.8) is 0 Å². The van der Waals surface area contributed by atoms with Crippen LogP contribution in [-0.4, -0.2) is 57.2 Å². The monoisotopic (exact) mass is 312 g/mol. The van der Waals surface area contributed by atoms with Crippen molar-refractivity contribution >= 4 is 22.9 Å². The molecule has 23 heavy (non-hydrogen) atoms. The van der Waals surface area contributed by atoms with E-state index in [1.807, 2.05) is 17.7 Å². The summed E-state index contributed by atoms with van der Waals surface area (Å²) < 4.78 is 8.27. The van der Waals surface area contributed by atoms with Gasteiger partial charge in [0, 0.05) is 25.6 Å². The molecular formula is C16H20N6O. The number of hydrogen-bond donors (Lipinski definition) is 1. The normalized spacial score (nSPS) is 32.3. The zero-order valence-corrected chi connectivity index (χ0v) is 13.2. The Balaban J connectivity index is 1.36. The number of nitrogens with zero attached hydrogens (tertiary/aromatic N) is 5. The molecule has 1 N–H and O–H groups in total. The first-order valence-electron chi connectivity index (χ1n) is 8.22. The van der Waals surface area contributed by atoms with Crippen molar-refractivity contribution < 1.29 is 4.74 Å². The van der Waals surface area contributed by atoms with Crippen LogP contribution in [-0.2, 0) is 11.8 Å². The molecule has 0 aliphatic carbocycles. The van der Waals surface area contributed by atoms with Crippen LogP contribution in [0.25, 0.3) is 11.0 Å². The second-order valence-electron chi connectivity index (χ2n) is 6.88. The molecule has 3 saturated heterocycles. The molecule has 2 aromatic rings. The van der Waals surface area contributed by atoms with E-state index in [9.17, 15) is 0 Å². The number of aryl methyl sites for hydroxylation is 1. The van der Waals surface area contributed by atoms with Crippen molar-refractivity contribution in [1.82, 2.24) is 19.4 Å². The first-order valence-corrected chi connectivity index (χ1v) is 8.22. The zero-order chi connectivity index (χ0) is 15.4. The van der Waals surface area contributed by atoms with Gasteiger partial charge in [-0.05, 0) is 25.9 Å². The van der Waals surface area contributed by atoms with Crippen molar-refractivity contribution in [2.24, 2.45) is 18.0 Å². The lowest BCUT2D eigenvalue weighted by Crippen LogP contribution is -2.61. The van der Waals surface area contributed by atoms with E-state index in [0.29, 0.717) is 11.9 Å². The van der Waals surface area contributed by atoms with Crippen LogP contribution >= 0.6 is 0 Å². The molecule has 2 aromatic heterocycles.